The lowest BCUT2D eigenvalue weighted by atomic mass is 9.98. The van der Waals surface area contributed by atoms with Crippen molar-refractivity contribution in [2.75, 3.05) is 19.7 Å². The van der Waals surface area contributed by atoms with Gasteiger partial charge in [0.1, 0.15) is 0 Å². The van der Waals surface area contributed by atoms with Crippen LogP contribution in [0.3, 0.4) is 0 Å². The predicted molar refractivity (Wildman–Crippen MR) is 83.5 cm³/mol. The van der Waals surface area contributed by atoms with Crippen molar-refractivity contribution in [2.45, 2.75) is 26.7 Å². The standard InChI is InChI=1S/C17H22N2O2/c1-11-12(2)18-16-6-5-14(8-15(11)16)17(21)19-7-3-4-13(9-19)10-20/h5-6,8,13,18,20H,3-4,7,9-10H2,1-2H3. The number of nitrogens with one attached hydrogen (secondary N) is 1. The zero-order valence-corrected chi connectivity index (χ0v) is 12.6. The van der Waals surface area contributed by atoms with Crippen molar-refractivity contribution >= 4 is 16.8 Å². The molecule has 1 aliphatic rings. The highest BCUT2D eigenvalue weighted by Crippen LogP contribution is 2.24. The molecule has 1 saturated heterocycles. The monoisotopic (exact) mass is 286 g/mol. The summed E-state index contributed by atoms with van der Waals surface area (Å²) in [5, 5.41) is 10.4. The second-order valence-corrected chi connectivity index (χ2v) is 6.08. The molecular weight excluding hydrogens is 264 g/mol. The first-order chi connectivity index (χ1) is 10.1. The molecule has 1 aromatic heterocycles. The Hall–Kier alpha value is -1.81. The Morgan fingerprint density at radius 1 is 1.43 bits per heavy atom. The number of fused-ring (bicyclic) bond motifs is 1. The molecule has 2 N–H and O–H groups in total. The van der Waals surface area contributed by atoms with E-state index in [2.05, 4.69) is 11.9 Å². The summed E-state index contributed by atoms with van der Waals surface area (Å²) < 4.78 is 0. The first-order valence-corrected chi connectivity index (χ1v) is 7.59. The van der Waals surface area contributed by atoms with Crippen LogP contribution in [0.25, 0.3) is 10.9 Å². The molecule has 1 atom stereocenters. The number of aromatic nitrogens is 1. The summed E-state index contributed by atoms with van der Waals surface area (Å²) >= 11 is 0. The van der Waals surface area contributed by atoms with Crippen molar-refractivity contribution in [1.29, 1.82) is 0 Å². The highest BCUT2D eigenvalue weighted by molar-refractivity contribution is 5.99. The van der Waals surface area contributed by atoms with Crippen LogP contribution >= 0.6 is 0 Å². The molecule has 3 rings (SSSR count). The second-order valence-electron chi connectivity index (χ2n) is 6.08. The molecule has 4 nitrogen and oxygen atoms in total. The summed E-state index contributed by atoms with van der Waals surface area (Å²) in [5.74, 6) is 0.302. The third-order valence-corrected chi connectivity index (χ3v) is 4.62. The topological polar surface area (TPSA) is 56.3 Å². The number of H-pyrrole nitrogens is 1. The molecule has 2 aromatic rings. The quantitative estimate of drug-likeness (QED) is 0.891. The largest absolute Gasteiger partial charge is 0.396 e. The molecule has 1 unspecified atom stereocenters. The summed E-state index contributed by atoms with van der Waals surface area (Å²) in [4.78, 5) is 17.9. The first kappa shape index (κ1) is 14.1. The molecule has 1 aromatic carbocycles. The fourth-order valence-electron chi connectivity index (χ4n) is 3.18. The maximum Gasteiger partial charge on any atom is 0.253 e. The number of carbonyl (C=O) groups is 1. The fraction of sp³-hybridized carbons (Fsp3) is 0.471. The number of rotatable bonds is 2. The molecule has 0 saturated carbocycles. The zero-order valence-electron chi connectivity index (χ0n) is 12.6. The van der Waals surface area contributed by atoms with Crippen molar-refractivity contribution in [3.05, 3.63) is 35.0 Å². The highest BCUT2D eigenvalue weighted by atomic mass is 16.3. The lowest BCUT2D eigenvalue weighted by Gasteiger charge is -2.32. The number of carbonyl (C=O) groups excluding carboxylic acids is 1. The van der Waals surface area contributed by atoms with Gasteiger partial charge < -0.3 is 15.0 Å². The van der Waals surface area contributed by atoms with Crippen LogP contribution in [0.2, 0.25) is 0 Å². The smallest absolute Gasteiger partial charge is 0.253 e. The van der Waals surface area contributed by atoms with Crippen molar-refractivity contribution in [1.82, 2.24) is 9.88 Å². The lowest BCUT2D eigenvalue weighted by Crippen LogP contribution is -2.40. The number of likely N-dealkylation sites (tertiary alicyclic amines) is 1. The Morgan fingerprint density at radius 2 is 2.24 bits per heavy atom. The van der Waals surface area contributed by atoms with E-state index in [0.29, 0.717) is 6.54 Å². The van der Waals surface area contributed by atoms with Crippen LogP contribution in [0.4, 0.5) is 0 Å². The van der Waals surface area contributed by atoms with E-state index in [0.717, 1.165) is 41.5 Å². The van der Waals surface area contributed by atoms with Crippen LogP contribution in [0.1, 0.15) is 34.5 Å². The third-order valence-electron chi connectivity index (χ3n) is 4.62. The van der Waals surface area contributed by atoms with Crippen LogP contribution in [0.5, 0.6) is 0 Å². The molecule has 1 amide bonds. The number of piperidine rings is 1. The van der Waals surface area contributed by atoms with Gasteiger partial charge >= 0.3 is 0 Å². The van der Waals surface area contributed by atoms with Crippen LogP contribution in [-0.4, -0.2) is 40.6 Å². The number of aliphatic hydroxyl groups is 1. The molecule has 0 spiro atoms. The molecule has 1 fully saturated rings. The summed E-state index contributed by atoms with van der Waals surface area (Å²) in [7, 11) is 0. The van der Waals surface area contributed by atoms with Crippen LogP contribution in [-0.2, 0) is 0 Å². The Balaban J connectivity index is 1.89. The Kier molecular flexibility index (Phi) is 3.72. The average molecular weight is 286 g/mol. The maximum absolute atomic E-state index is 12.7. The van der Waals surface area contributed by atoms with E-state index in [-0.39, 0.29) is 18.4 Å². The molecule has 1 aliphatic heterocycles. The van der Waals surface area contributed by atoms with Crippen molar-refractivity contribution < 1.29 is 9.90 Å². The van der Waals surface area contributed by atoms with Crippen molar-refractivity contribution in [2.24, 2.45) is 5.92 Å². The van der Waals surface area contributed by atoms with Gasteiger partial charge in [0.05, 0.1) is 0 Å². The minimum Gasteiger partial charge on any atom is -0.396 e. The molecule has 21 heavy (non-hydrogen) atoms. The van der Waals surface area contributed by atoms with Gasteiger partial charge in [0.15, 0.2) is 0 Å². The molecule has 0 radical (unpaired) electrons. The van der Waals surface area contributed by atoms with E-state index in [1.807, 2.05) is 30.0 Å². The molecule has 4 heteroatoms. The summed E-state index contributed by atoms with van der Waals surface area (Å²) in [5.41, 5.74) is 4.16. The van der Waals surface area contributed by atoms with E-state index in [9.17, 15) is 9.90 Å². The van der Waals surface area contributed by atoms with Crippen LogP contribution in [0.15, 0.2) is 18.2 Å². The van der Waals surface area contributed by atoms with E-state index < -0.39 is 0 Å². The maximum atomic E-state index is 12.7. The Bertz CT molecular complexity index is 675. The summed E-state index contributed by atoms with van der Waals surface area (Å²) in [6.07, 6.45) is 1.98. The van der Waals surface area contributed by atoms with Crippen LogP contribution < -0.4 is 0 Å². The lowest BCUT2D eigenvalue weighted by molar-refractivity contribution is 0.0621. The summed E-state index contributed by atoms with van der Waals surface area (Å²) in [6.45, 7) is 5.74. The van der Waals surface area contributed by atoms with E-state index in [1.54, 1.807) is 0 Å². The number of aliphatic hydroxyl groups excluding tert-OH is 1. The SMILES string of the molecule is Cc1[nH]c2ccc(C(=O)N3CCCC(CO)C3)cc2c1C. The van der Waals surface area contributed by atoms with Crippen LogP contribution in [0, 0.1) is 19.8 Å². The van der Waals surface area contributed by atoms with Gasteiger partial charge in [0.2, 0.25) is 0 Å². The van der Waals surface area contributed by atoms with Gasteiger partial charge in [0.25, 0.3) is 5.91 Å². The average Bonchev–Trinajstić information content (AvgIpc) is 2.81. The normalized spacial score (nSPS) is 19.2. The third kappa shape index (κ3) is 2.56. The molecular formula is C17H22N2O2. The van der Waals surface area contributed by atoms with Gasteiger partial charge in [-0.1, -0.05) is 0 Å². The van der Waals surface area contributed by atoms with Gasteiger partial charge in [-0.15, -0.1) is 0 Å². The predicted octanol–water partition coefficient (Wildman–Crippen LogP) is 2.63. The Labute approximate surface area is 124 Å². The highest BCUT2D eigenvalue weighted by Gasteiger charge is 2.24. The van der Waals surface area contributed by atoms with Gasteiger partial charge in [0, 0.05) is 41.9 Å². The van der Waals surface area contributed by atoms with Crippen molar-refractivity contribution in [3.8, 4) is 0 Å². The number of hydrogen-bond acceptors (Lipinski definition) is 2. The second kappa shape index (κ2) is 5.53. The Morgan fingerprint density at radius 3 is 3.00 bits per heavy atom. The van der Waals surface area contributed by atoms with Crippen molar-refractivity contribution in [3.63, 3.8) is 0 Å². The van der Waals surface area contributed by atoms with Gasteiger partial charge in [-0.3, -0.25) is 4.79 Å². The number of aryl methyl sites for hydroxylation is 2. The molecule has 0 aliphatic carbocycles. The molecule has 2 heterocycles. The van der Waals surface area contributed by atoms with Gasteiger partial charge in [-0.25, -0.2) is 0 Å². The minimum atomic E-state index is 0.0771. The van der Waals surface area contributed by atoms with E-state index >= 15 is 0 Å². The zero-order chi connectivity index (χ0) is 15.0. The molecule has 112 valence electrons. The fourth-order valence-corrected chi connectivity index (χ4v) is 3.18. The van der Waals surface area contributed by atoms with Gasteiger partial charge in [-0.05, 0) is 56.4 Å². The number of nitrogens with zero attached hydrogens (tertiary/aromatic N) is 1. The molecule has 0 bridgehead atoms. The summed E-state index contributed by atoms with van der Waals surface area (Å²) in [6, 6.07) is 5.86. The minimum absolute atomic E-state index is 0.0771. The van der Waals surface area contributed by atoms with Gasteiger partial charge in [-0.2, -0.15) is 0 Å². The number of hydrogen-bond donors (Lipinski definition) is 2. The number of aromatic amines is 1. The van der Waals surface area contributed by atoms with E-state index in [1.165, 1.54) is 5.56 Å². The number of amides is 1. The van der Waals surface area contributed by atoms with E-state index in [4.69, 9.17) is 0 Å². The number of benzene rings is 1. The first-order valence-electron chi connectivity index (χ1n) is 7.59.